The molecule has 0 radical (unpaired) electrons. The first-order chi connectivity index (χ1) is 19.5. The van der Waals surface area contributed by atoms with Crippen LogP contribution in [0.4, 0.5) is 0 Å². The summed E-state index contributed by atoms with van der Waals surface area (Å²) in [4.78, 5) is 47.8. The predicted molar refractivity (Wildman–Crippen MR) is 144 cm³/mol. The van der Waals surface area contributed by atoms with Crippen molar-refractivity contribution in [2.75, 3.05) is 59.2 Å². The van der Waals surface area contributed by atoms with Crippen molar-refractivity contribution in [3.63, 3.8) is 0 Å². The van der Waals surface area contributed by atoms with Gasteiger partial charge in [-0.25, -0.2) is 0 Å². The second-order valence-electron chi connectivity index (χ2n) is 11.1. The van der Waals surface area contributed by atoms with Crippen molar-refractivity contribution in [3.8, 4) is 0 Å². The topological polar surface area (TPSA) is 109 Å². The first-order valence-corrected chi connectivity index (χ1v) is 14.3. The van der Waals surface area contributed by atoms with E-state index in [2.05, 4.69) is 4.90 Å². The van der Waals surface area contributed by atoms with Gasteiger partial charge in [0.2, 0.25) is 11.8 Å². The first kappa shape index (κ1) is 27.1. The Morgan fingerprint density at radius 3 is 2.58 bits per heavy atom. The van der Waals surface area contributed by atoms with Crippen LogP contribution in [-0.2, 0) is 28.6 Å². The maximum absolute atomic E-state index is 14.5. The number of amides is 2. The summed E-state index contributed by atoms with van der Waals surface area (Å²) in [7, 11) is 0. The van der Waals surface area contributed by atoms with Crippen LogP contribution in [0.3, 0.4) is 0 Å². The fourth-order valence-corrected chi connectivity index (χ4v) is 6.89. The van der Waals surface area contributed by atoms with Crippen molar-refractivity contribution in [3.05, 3.63) is 60.2 Å². The Bertz CT molecular complexity index is 1170. The molecular weight excluding hydrogens is 514 g/mol. The highest BCUT2D eigenvalue weighted by Gasteiger charge is 2.72. The summed E-state index contributed by atoms with van der Waals surface area (Å²) in [6.45, 7) is 4.36. The molecule has 6 rings (SSSR count). The Kier molecular flexibility index (Phi) is 7.76. The fraction of sp³-hybridized carbons (Fsp3) is 0.567. The summed E-state index contributed by atoms with van der Waals surface area (Å²) >= 11 is 0. The molecule has 214 valence electrons. The van der Waals surface area contributed by atoms with Crippen molar-refractivity contribution in [2.45, 2.75) is 36.6 Å². The van der Waals surface area contributed by atoms with Crippen LogP contribution in [0, 0.1) is 11.8 Å². The maximum Gasteiger partial charge on any atom is 0.312 e. The Morgan fingerprint density at radius 1 is 1.00 bits per heavy atom. The van der Waals surface area contributed by atoms with Gasteiger partial charge in [-0.2, -0.15) is 0 Å². The van der Waals surface area contributed by atoms with Crippen molar-refractivity contribution in [2.24, 2.45) is 11.8 Å². The number of cyclic esters (lactones) is 1. The molecule has 0 aliphatic carbocycles. The monoisotopic (exact) mass is 551 g/mol. The van der Waals surface area contributed by atoms with Crippen molar-refractivity contribution < 1.29 is 33.7 Å². The highest BCUT2D eigenvalue weighted by molar-refractivity contribution is 5.99. The number of aliphatic hydroxyl groups excluding tert-OH is 1. The summed E-state index contributed by atoms with van der Waals surface area (Å²) in [6.07, 6.45) is 8.25. The lowest BCUT2D eigenvalue weighted by Gasteiger charge is -2.39. The van der Waals surface area contributed by atoms with E-state index in [0.717, 1.165) is 19.5 Å². The number of nitrogens with zero attached hydrogens (tertiary/aromatic N) is 3. The summed E-state index contributed by atoms with van der Waals surface area (Å²) in [6, 6.07) is 7.40. The van der Waals surface area contributed by atoms with E-state index in [4.69, 9.17) is 14.2 Å². The standard InChI is InChI=1S/C30H37N3O7/c34-20-22(21-8-3-1-4-9-21)33-26-28(36)32(14-13-31-15-18-38-19-16-31)12-7-11-30(26)25(27(33)35)24-23(40-30)10-5-2-6-17-39-29(24)37/h1,3-5,7-11,22-26,34H,2,6,12-20H2/b10-5-/t22-,23+,24-,25+,26?,30+/m1/s1. The van der Waals surface area contributed by atoms with Crippen LogP contribution in [0.2, 0.25) is 0 Å². The Balaban J connectivity index is 1.40. The van der Waals surface area contributed by atoms with Gasteiger partial charge in [0.1, 0.15) is 17.6 Å². The maximum atomic E-state index is 14.5. The molecular formula is C30H37N3O7. The van der Waals surface area contributed by atoms with Crippen LogP contribution in [0.25, 0.3) is 0 Å². The van der Waals surface area contributed by atoms with Gasteiger partial charge in [0, 0.05) is 32.7 Å². The van der Waals surface area contributed by atoms with Gasteiger partial charge in [-0.1, -0.05) is 54.6 Å². The zero-order chi connectivity index (χ0) is 27.7. The molecule has 1 aromatic carbocycles. The summed E-state index contributed by atoms with van der Waals surface area (Å²) in [5, 5.41) is 10.6. The van der Waals surface area contributed by atoms with Gasteiger partial charge in [0.05, 0.1) is 44.5 Å². The number of esters is 1. The molecule has 0 saturated carbocycles. The third-order valence-electron chi connectivity index (χ3n) is 8.86. The van der Waals surface area contributed by atoms with E-state index in [1.54, 1.807) is 4.90 Å². The smallest absolute Gasteiger partial charge is 0.312 e. The number of likely N-dealkylation sites (tertiary alicyclic amines) is 1. The third-order valence-corrected chi connectivity index (χ3v) is 8.86. The molecule has 6 atom stereocenters. The van der Waals surface area contributed by atoms with Crippen molar-refractivity contribution in [1.29, 1.82) is 0 Å². The third kappa shape index (κ3) is 4.66. The number of fused-ring (bicyclic) bond motifs is 2. The number of ether oxygens (including phenoxy) is 3. The number of morpholine rings is 1. The average Bonchev–Trinajstić information content (AvgIpc) is 3.39. The molecule has 10 nitrogen and oxygen atoms in total. The Morgan fingerprint density at radius 2 is 1.80 bits per heavy atom. The zero-order valence-corrected chi connectivity index (χ0v) is 22.6. The molecule has 5 aliphatic rings. The van der Waals surface area contributed by atoms with Gasteiger partial charge >= 0.3 is 5.97 Å². The number of hydrogen-bond acceptors (Lipinski definition) is 8. The number of carbonyl (C=O) groups is 3. The molecule has 1 spiro atoms. The second kappa shape index (κ2) is 11.4. The Hall–Kier alpha value is -3.05. The lowest BCUT2D eigenvalue weighted by molar-refractivity contribution is -0.156. The van der Waals surface area contributed by atoms with Crippen LogP contribution >= 0.6 is 0 Å². The molecule has 0 aromatic heterocycles. The van der Waals surface area contributed by atoms with Crippen LogP contribution in [-0.4, -0.2) is 114 Å². The number of carbonyl (C=O) groups excluding carboxylic acids is 3. The van der Waals surface area contributed by atoms with Crippen molar-refractivity contribution in [1.82, 2.24) is 14.7 Å². The van der Waals surface area contributed by atoms with Gasteiger partial charge in [0.15, 0.2) is 0 Å². The molecule has 1 aromatic rings. The minimum Gasteiger partial charge on any atom is -0.465 e. The van der Waals surface area contributed by atoms with Gasteiger partial charge in [-0.15, -0.1) is 0 Å². The summed E-state index contributed by atoms with van der Waals surface area (Å²) < 4.78 is 17.7. The lowest BCUT2D eigenvalue weighted by Crippen LogP contribution is -2.57. The van der Waals surface area contributed by atoms with E-state index < -0.39 is 41.6 Å². The minimum atomic E-state index is -1.36. The molecule has 2 amide bonds. The molecule has 5 aliphatic heterocycles. The van der Waals surface area contributed by atoms with Crippen LogP contribution < -0.4 is 0 Å². The van der Waals surface area contributed by atoms with Crippen LogP contribution in [0.5, 0.6) is 0 Å². The molecule has 40 heavy (non-hydrogen) atoms. The summed E-state index contributed by atoms with van der Waals surface area (Å²) in [5.41, 5.74) is -0.648. The highest BCUT2D eigenvalue weighted by atomic mass is 16.6. The van der Waals surface area contributed by atoms with E-state index >= 15 is 0 Å². The number of aliphatic hydroxyl groups is 1. The highest BCUT2D eigenvalue weighted by Crippen LogP contribution is 2.54. The molecule has 1 N–H and O–H groups in total. The normalized spacial score (nSPS) is 34.2. The number of benzene rings is 1. The molecule has 3 saturated heterocycles. The minimum absolute atomic E-state index is 0.243. The van der Waals surface area contributed by atoms with Gasteiger partial charge < -0.3 is 29.1 Å². The van der Waals surface area contributed by atoms with Gasteiger partial charge in [-0.3, -0.25) is 19.3 Å². The van der Waals surface area contributed by atoms with Crippen molar-refractivity contribution >= 4 is 17.8 Å². The van der Waals surface area contributed by atoms with Gasteiger partial charge in [0.25, 0.3) is 0 Å². The fourth-order valence-electron chi connectivity index (χ4n) is 6.89. The lowest BCUT2D eigenvalue weighted by atomic mass is 9.78. The van der Waals surface area contributed by atoms with E-state index in [1.165, 1.54) is 4.90 Å². The predicted octanol–water partition coefficient (Wildman–Crippen LogP) is 0.925. The van der Waals surface area contributed by atoms with E-state index in [-0.39, 0.29) is 25.0 Å². The second-order valence-corrected chi connectivity index (χ2v) is 11.1. The van der Waals surface area contributed by atoms with E-state index in [0.29, 0.717) is 44.8 Å². The molecule has 1 unspecified atom stereocenters. The zero-order valence-electron chi connectivity index (χ0n) is 22.6. The molecule has 3 fully saturated rings. The first-order valence-electron chi connectivity index (χ1n) is 14.3. The SMILES string of the molecule is O=C1OCCC/C=C\[C@@H]2O[C@]34C=CCN(CCN5CCOCC5)C(=O)C3N([C@H](CO)c3ccccc3)C(=O)[C@@H]4[C@H]12. The van der Waals surface area contributed by atoms with E-state index in [9.17, 15) is 19.5 Å². The molecule has 0 bridgehead atoms. The molecule has 5 heterocycles. The number of rotatable bonds is 6. The average molecular weight is 552 g/mol. The summed E-state index contributed by atoms with van der Waals surface area (Å²) in [5.74, 6) is -2.94. The van der Waals surface area contributed by atoms with E-state index in [1.807, 2.05) is 54.6 Å². The largest absolute Gasteiger partial charge is 0.465 e. The molecule has 10 heteroatoms. The van der Waals surface area contributed by atoms with Crippen LogP contribution in [0.1, 0.15) is 24.4 Å². The Labute approximate surface area is 234 Å². The van der Waals surface area contributed by atoms with Gasteiger partial charge in [-0.05, 0) is 18.4 Å². The number of hydrogen-bond donors (Lipinski definition) is 1. The van der Waals surface area contributed by atoms with Crippen LogP contribution in [0.15, 0.2) is 54.6 Å². The quantitative estimate of drug-likeness (QED) is 0.411. The number of allylic oxidation sites excluding steroid dienone is 1.